The minimum atomic E-state index is -2.29. The predicted molar refractivity (Wildman–Crippen MR) is 136 cm³/mol. The maximum absolute atomic E-state index is 12.7. The number of hydrogen-bond acceptors (Lipinski definition) is 13. The van der Waals surface area contributed by atoms with Crippen LogP contribution in [-0.4, -0.2) is 88.8 Å². The number of aliphatic carboxylic acids is 1. The Labute approximate surface area is 226 Å². The zero-order valence-electron chi connectivity index (χ0n) is 20.4. The van der Waals surface area contributed by atoms with E-state index < -0.39 is 42.2 Å². The number of amidine groups is 1. The maximum Gasteiger partial charge on any atom is 0.344 e. The number of hydrazone groups is 1. The molecule has 4 heterocycles. The van der Waals surface area contributed by atoms with Crippen LogP contribution in [0.1, 0.15) is 11.8 Å². The number of hydrazine groups is 2. The lowest BCUT2D eigenvalue weighted by Gasteiger charge is -2.32. The van der Waals surface area contributed by atoms with Gasteiger partial charge in [0.1, 0.15) is 17.7 Å². The van der Waals surface area contributed by atoms with Gasteiger partial charge < -0.3 is 30.5 Å². The van der Waals surface area contributed by atoms with Crippen LogP contribution in [0.15, 0.2) is 41.8 Å². The molecule has 5 rings (SSSR count). The summed E-state index contributed by atoms with van der Waals surface area (Å²) in [7, 11) is 1.59. The lowest BCUT2D eigenvalue weighted by atomic mass is 9.91. The van der Waals surface area contributed by atoms with Gasteiger partial charge in [-0.2, -0.15) is 9.97 Å². The van der Waals surface area contributed by atoms with Crippen LogP contribution in [0.5, 0.6) is 0 Å². The van der Waals surface area contributed by atoms with E-state index in [1.807, 2.05) is 0 Å². The van der Waals surface area contributed by atoms with Gasteiger partial charge in [0, 0.05) is 13.5 Å². The number of terminal acetylenes is 1. The molecule has 0 saturated carbocycles. The standard InChI is InChI=1S/C23H24ClN9O6/c1-3-22(37)13(39-18(15(22)34)33-11-26-14-16(25)27-21(24)28-17(14)33)10-38-23(20(35)36,19-29-31-32(2)30-19)9-12-7-5-4-6-8-12/h1,4-8,11,13,15,18,31,34,37H,9-10H2,2H3,(H,29,30)(H,35,36)(H2,25,27,28)/t13-,15+,18-,22-,23-/m1/s1. The van der Waals surface area contributed by atoms with Crippen LogP contribution < -0.4 is 16.7 Å². The quantitative estimate of drug-likeness (QED) is 0.146. The van der Waals surface area contributed by atoms with Crippen molar-refractivity contribution in [1.29, 1.82) is 0 Å². The highest BCUT2D eigenvalue weighted by Crippen LogP contribution is 2.39. The van der Waals surface area contributed by atoms with Gasteiger partial charge >= 0.3 is 5.97 Å². The molecule has 204 valence electrons. The van der Waals surface area contributed by atoms with Crippen LogP contribution >= 0.6 is 11.6 Å². The highest BCUT2D eigenvalue weighted by Gasteiger charge is 2.57. The van der Waals surface area contributed by atoms with Gasteiger partial charge in [-0.25, -0.2) is 15.3 Å². The minimum Gasteiger partial charge on any atom is -0.479 e. The summed E-state index contributed by atoms with van der Waals surface area (Å²) >= 11 is 5.95. The Balaban J connectivity index is 1.48. The van der Waals surface area contributed by atoms with Gasteiger partial charge in [-0.3, -0.25) is 9.99 Å². The Hall–Kier alpha value is -4.04. The molecule has 16 heteroatoms. The molecule has 0 amide bonds. The zero-order valence-corrected chi connectivity index (χ0v) is 21.1. The average Bonchev–Trinajstić information content (AvgIpc) is 3.60. The van der Waals surface area contributed by atoms with E-state index in [0.717, 1.165) is 0 Å². The number of nitrogens with one attached hydrogen (secondary N) is 2. The van der Waals surface area contributed by atoms with Gasteiger partial charge in [0.25, 0.3) is 0 Å². The van der Waals surface area contributed by atoms with Crippen LogP contribution in [0.2, 0.25) is 5.28 Å². The highest BCUT2D eigenvalue weighted by atomic mass is 35.5. The number of hydrogen-bond donors (Lipinski definition) is 6. The van der Waals surface area contributed by atoms with Gasteiger partial charge in [-0.05, 0) is 17.2 Å². The molecule has 0 bridgehead atoms. The number of aliphatic hydroxyl groups excluding tert-OH is 1. The third-order valence-electron chi connectivity index (χ3n) is 6.53. The van der Waals surface area contributed by atoms with E-state index in [1.54, 1.807) is 37.4 Å². The van der Waals surface area contributed by atoms with Gasteiger partial charge in [0.05, 0.1) is 12.9 Å². The third-order valence-corrected chi connectivity index (χ3v) is 6.70. The molecular formula is C23H24ClN9O6. The first kappa shape index (κ1) is 26.6. The Kier molecular flexibility index (Phi) is 6.76. The van der Waals surface area contributed by atoms with Crippen molar-refractivity contribution in [2.24, 2.45) is 5.10 Å². The fourth-order valence-corrected chi connectivity index (χ4v) is 4.64. The molecular weight excluding hydrogens is 534 g/mol. The molecule has 39 heavy (non-hydrogen) atoms. The summed E-state index contributed by atoms with van der Waals surface area (Å²) in [5.74, 6) is 0.746. The maximum atomic E-state index is 12.7. The molecule has 15 nitrogen and oxygen atoms in total. The van der Waals surface area contributed by atoms with Crippen molar-refractivity contribution in [3.05, 3.63) is 47.5 Å². The molecule has 7 N–H and O–H groups in total. The second kappa shape index (κ2) is 9.93. The first-order valence-electron chi connectivity index (χ1n) is 11.5. The summed E-state index contributed by atoms with van der Waals surface area (Å²) in [5, 5.41) is 38.0. The van der Waals surface area contributed by atoms with Gasteiger partial charge in [-0.1, -0.05) is 36.3 Å². The molecule has 1 saturated heterocycles. The molecule has 2 aliphatic rings. The number of ether oxygens (including phenoxy) is 2. The van der Waals surface area contributed by atoms with Crippen molar-refractivity contribution in [2.45, 2.75) is 36.1 Å². The number of anilines is 1. The molecule has 0 spiro atoms. The molecule has 3 aromatic rings. The topological polar surface area (TPSA) is 206 Å². The lowest BCUT2D eigenvalue weighted by molar-refractivity contribution is -0.164. The average molecular weight is 558 g/mol. The molecule has 2 aromatic heterocycles. The Morgan fingerprint density at radius 2 is 2.13 bits per heavy atom. The first-order chi connectivity index (χ1) is 18.6. The summed E-state index contributed by atoms with van der Waals surface area (Å²) in [6.45, 7) is -0.553. The second-order valence-corrected chi connectivity index (χ2v) is 9.31. The first-order valence-corrected chi connectivity index (χ1v) is 11.9. The number of imidazole rings is 1. The van der Waals surface area contributed by atoms with Crippen molar-refractivity contribution in [1.82, 2.24) is 35.6 Å². The van der Waals surface area contributed by atoms with E-state index in [0.29, 0.717) is 5.56 Å². The molecule has 0 unspecified atom stereocenters. The molecule has 0 radical (unpaired) electrons. The second-order valence-electron chi connectivity index (χ2n) is 8.97. The molecule has 2 aliphatic heterocycles. The van der Waals surface area contributed by atoms with E-state index >= 15 is 0 Å². The number of fused-ring (bicyclic) bond motifs is 1. The minimum absolute atomic E-state index is 0.00102. The van der Waals surface area contributed by atoms with Crippen molar-refractivity contribution in [2.75, 3.05) is 19.4 Å². The van der Waals surface area contributed by atoms with E-state index in [1.165, 1.54) is 16.0 Å². The zero-order chi connectivity index (χ0) is 27.9. The van der Waals surface area contributed by atoms with Gasteiger partial charge in [0.2, 0.25) is 10.9 Å². The van der Waals surface area contributed by atoms with Crippen LogP contribution in [0.3, 0.4) is 0 Å². The number of aliphatic hydroxyl groups is 2. The van der Waals surface area contributed by atoms with E-state index in [-0.39, 0.29) is 34.5 Å². The Morgan fingerprint density at radius 3 is 2.77 bits per heavy atom. The lowest BCUT2D eigenvalue weighted by Crippen LogP contribution is -2.58. The summed E-state index contributed by atoms with van der Waals surface area (Å²) in [5.41, 5.74) is 7.87. The van der Waals surface area contributed by atoms with Crippen molar-refractivity contribution < 1.29 is 29.6 Å². The number of aromatic nitrogens is 4. The van der Waals surface area contributed by atoms with Crippen molar-refractivity contribution in [3.63, 3.8) is 0 Å². The smallest absolute Gasteiger partial charge is 0.344 e. The number of carboxylic acids is 1. The van der Waals surface area contributed by atoms with E-state index in [4.69, 9.17) is 33.2 Å². The fourth-order valence-electron chi connectivity index (χ4n) is 4.47. The third kappa shape index (κ3) is 4.48. The number of rotatable bonds is 8. The number of nitrogens with zero attached hydrogens (tertiary/aromatic N) is 6. The molecule has 5 atom stereocenters. The van der Waals surface area contributed by atoms with E-state index in [2.05, 4.69) is 36.9 Å². The Morgan fingerprint density at radius 1 is 1.38 bits per heavy atom. The van der Waals surface area contributed by atoms with Crippen LogP contribution in [0.4, 0.5) is 5.82 Å². The number of halogens is 1. The van der Waals surface area contributed by atoms with Gasteiger partial charge in [-0.15, -0.1) is 16.6 Å². The molecule has 1 fully saturated rings. The highest BCUT2D eigenvalue weighted by molar-refractivity contribution is 6.28. The number of nitrogen functional groups attached to an aromatic ring is 1. The monoisotopic (exact) mass is 557 g/mol. The number of carboxylic acid groups (broad SMARTS) is 1. The summed E-state index contributed by atoms with van der Waals surface area (Å²) in [4.78, 5) is 24.8. The van der Waals surface area contributed by atoms with Crippen molar-refractivity contribution >= 4 is 40.4 Å². The van der Waals surface area contributed by atoms with Crippen LogP contribution in [-0.2, 0) is 20.7 Å². The van der Waals surface area contributed by atoms with Crippen LogP contribution in [0, 0.1) is 12.3 Å². The summed E-state index contributed by atoms with van der Waals surface area (Å²) < 4.78 is 13.3. The number of nitrogens with two attached hydrogens (primary N) is 1. The number of carbonyl (C=O) groups is 1. The molecule has 1 aromatic carbocycles. The summed E-state index contributed by atoms with van der Waals surface area (Å²) in [6.07, 6.45) is 2.36. The SMILES string of the molecule is C#C[C@@]1(O)[C@@H](CO[C@@](Cc2ccccc2)(C(=O)O)C2=NNN(C)N2)O[C@@H](n2cnc3c(N)nc(Cl)nc32)[C@@H]1O. The normalized spacial score (nSPS) is 26.4. The Bertz CT molecular complexity index is 1480. The predicted octanol–water partition coefficient (Wildman–Crippen LogP) is -0.965. The van der Waals surface area contributed by atoms with Gasteiger partial charge in [0.15, 0.2) is 29.1 Å². The van der Waals surface area contributed by atoms with Crippen molar-refractivity contribution in [3.8, 4) is 12.3 Å². The number of benzene rings is 1. The van der Waals surface area contributed by atoms with E-state index in [9.17, 15) is 20.1 Å². The largest absolute Gasteiger partial charge is 0.479 e. The summed E-state index contributed by atoms with van der Waals surface area (Å²) in [6, 6.07) is 8.78. The van der Waals surface area contributed by atoms with Crippen LogP contribution in [0.25, 0.3) is 11.2 Å². The fraction of sp³-hybridized carbons (Fsp3) is 0.348. The molecule has 0 aliphatic carbocycles.